The molecule has 0 amide bonds. The summed E-state index contributed by atoms with van der Waals surface area (Å²) in [5.74, 6) is 0. The topological polar surface area (TPSA) is 24.7 Å². The summed E-state index contributed by atoms with van der Waals surface area (Å²) in [5, 5.41) is 9.02. The summed E-state index contributed by atoms with van der Waals surface area (Å²) >= 11 is 24.1. The third-order valence-electron chi connectivity index (χ3n) is 2.42. The summed E-state index contributed by atoms with van der Waals surface area (Å²) in [7, 11) is 0. The van der Waals surface area contributed by atoms with Crippen molar-refractivity contribution in [3.63, 3.8) is 0 Å². The van der Waals surface area contributed by atoms with Crippen LogP contribution >= 0.6 is 46.4 Å². The van der Waals surface area contributed by atoms with E-state index in [2.05, 4.69) is 10.2 Å². The van der Waals surface area contributed by atoms with E-state index in [1.54, 1.807) is 48.5 Å². The van der Waals surface area contributed by atoms with E-state index in [0.29, 0.717) is 21.2 Å². The lowest BCUT2D eigenvalue weighted by atomic mass is 10.2. The van der Waals surface area contributed by atoms with Gasteiger partial charge in [-0.15, -0.1) is 10.2 Å². The molecule has 0 aromatic heterocycles. The monoisotopic (exact) mass is 344 g/mol. The fourth-order valence-corrected chi connectivity index (χ4v) is 2.40. The van der Waals surface area contributed by atoms with Gasteiger partial charge in [-0.05, 0) is 12.1 Å². The number of hydrogen-bond donors (Lipinski definition) is 0. The second-order valence-electron chi connectivity index (χ2n) is 3.74. The third-order valence-corrected chi connectivity index (χ3v) is 3.64. The molecule has 6 heteroatoms. The van der Waals surface area contributed by atoms with Crippen molar-refractivity contribution >= 4 is 56.7 Å². The van der Waals surface area contributed by atoms with Crippen molar-refractivity contribution in [3.05, 3.63) is 69.7 Å². The van der Waals surface area contributed by atoms with E-state index in [9.17, 15) is 0 Å². The molecule has 0 aliphatic heterocycles. The van der Waals surface area contributed by atoms with Crippen LogP contribution in [0.2, 0.25) is 10.0 Å². The standard InChI is InChI=1S/C14H8Cl4N2/c15-11-7-3-1-5-9(11)13(17)19-20-14(18)10-6-2-4-8-12(10)16/h1-8H/b19-13-,20-14+. The van der Waals surface area contributed by atoms with Crippen molar-refractivity contribution in [2.24, 2.45) is 10.2 Å². The molecule has 0 spiro atoms. The average molecular weight is 346 g/mol. The number of hydrogen-bond acceptors (Lipinski definition) is 2. The highest BCUT2D eigenvalue weighted by Gasteiger charge is 2.07. The minimum absolute atomic E-state index is 0.154. The molecule has 2 rings (SSSR count). The summed E-state index contributed by atoms with van der Waals surface area (Å²) in [4.78, 5) is 0. The lowest BCUT2D eigenvalue weighted by molar-refractivity contribution is 1.25. The van der Waals surface area contributed by atoms with Crippen molar-refractivity contribution in [1.82, 2.24) is 0 Å². The van der Waals surface area contributed by atoms with Crippen LogP contribution in [0, 0.1) is 0 Å². The molecule has 0 aliphatic rings. The maximum absolute atomic E-state index is 6.05. The highest BCUT2D eigenvalue weighted by atomic mass is 35.5. The Labute approximate surface area is 136 Å². The molecule has 2 nitrogen and oxygen atoms in total. The van der Waals surface area contributed by atoms with Crippen molar-refractivity contribution in [2.45, 2.75) is 0 Å². The van der Waals surface area contributed by atoms with E-state index in [4.69, 9.17) is 46.4 Å². The molecule has 0 atom stereocenters. The van der Waals surface area contributed by atoms with Crippen LogP contribution < -0.4 is 0 Å². The molecule has 2 aromatic rings. The molecule has 0 aliphatic carbocycles. The van der Waals surface area contributed by atoms with Crippen LogP contribution in [0.15, 0.2) is 58.7 Å². The van der Waals surface area contributed by atoms with Gasteiger partial charge in [0.2, 0.25) is 0 Å². The Morgan fingerprint density at radius 1 is 0.650 bits per heavy atom. The van der Waals surface area contributed by atoms with Crippen molar-refractivity contribution < 1.29 is 0 Å². The molecule has 0 heterocycles. The van der Waals surface area contributed by atoms with Crippen LogP contribution in [0.3, 0.4) is 0 Å². The second-order valence-corrected chi connectivity index (χ2v) is 5.27. The molecular weight excluding hydrogens is 338 g/mol. The predicted octanol–water partition coefficient (Wildman–Crippen LogP) is 5.58. The minimum atomic E-state index is 0.154. The first-order valence-electron chi connectivity index (χ1n) is 5.56. The van der Waals surface area contributed by atoms with Crippen molar-refractivity contribution in [2.75, 3.05) is 0 Å². The van der Waals surface area contributed by atoms with Crippen molar-refractivity contribution in [1.29, 1.82) is 0 Å². The Bertz CT molecular complexity index is 621. The first kappa shape index (κ1) is 15.3. The zero-order chi connectivity index (χ0) is 14.5. The second kappa shape index (κ2) is 7.09. The van der Waals surface area contributed by atoms with Crippen LogP contribution in [-0.2, 0) is 0 Å². The molecule has 0 saturated heterocycles. The van der Waals surface area contributed by atoms with Gasteiger partial charge in [-0.1, -0.05) is 82.8 Å². The molecule has 0 saturated carbocycles. The Morgan fingerprint density at radius 2 is 1.00 bits per heavy atom. The average Bonchev–Trinajstić information content (AvgIpc) is 2.45. The summed E-state index contributed by atoms with van der Waals surface area (Å²) in [5.41, 5.74) is 1.17. The van der Waals surface area contributed by atoms with Gasteiger partial charge < -0.3 is 0 Å². The summed E-state index contributed by atoms with van der Waals surface area (Å²) in [6, 6.07) is 14.1. The van der Waals surface area contributed by atoms with E-state index in [-0.39, 0.29) is 10.3 Å². The first-order valence-corrected chi connectivity index (χ1v) is 7.07. The van der Waals surface area contributed by atoms with Gasteiger partial charge in [0.1, 0.15) is 0 Å². The normalized spacial score (nSPS) is 12.6. The highest BCUT2D eigenvalue weighted by Crippen LogP contribution is 2.20. The molecule has 102 valence electrons. The van der Waals surface area contributed by atoms with Gasteiger partial charge in [0.15, 0.2) is 10.3 Å². The highest BCUT2D eigenvalue weighted by molar-refractivity contribution is 6.72. The van der Waals surface area contributed by atoms with E-state index in [0.717, 1.165) is 0 Å². The minimum Gasteiger partial charge on any atom is -0.136 e. The van der Waals surface area contributed by atoms with Crippen LogP contribution in [0.25, 0.3) is 0 Å². The molecule has 0 radical (unpaired) electrons. The van der Waals surface area contributed by atoms with Gasteiger partial charge >= 0.3 is 0 Å². The van der Waals surface area contributed by atoms with E-state index < -0.39 is 0 Å². The van der Waals surface area contributed by atoms with Gasteiger partial charge in [0, 0.05) is 11.1 Å². The lowest BCUT2D eigenvalue weighted by Gasteiger charge is -2.01. The molecule has 0 unspecified atom stereocenters. The van der Waals surface area contributed by atoms with Crippen LogP contribution in [0.4, 0.5) is 0 Å². The van der Waals surface area contributed by atoms with Crippen LogP contribution in [0.5, 0.6) is 0 Å². The lowest BCUT2D eigenvalue weighted by Crippen LogP contribution is -1.94. The molecule has 2 aromatic carbocycles. The molecule has 20 heavy (non-hydrogen) atoms. The van der Waals surface area contributed by atoms with Gasteiger partial charge in [-0.3, -0.25) is 0 Å². The van der Waals surface area contributed by atoms with Gasteiger partial charge in [0.25, 0.3) is 0 Å². The molecular formula is C14H8Cl4N2. The Kier molecular flexibility index (Phi) is 5.44. The SMILES string of the molecule is Cl/C(=N\N=C(\Cl)c1ccccc1Cl)c1ccccc1Cl. The van der Waals surface area contributed by atoms with E-state index in [1.807, 2.05) is 0 Å². The Balaban J connectivity index is 2.30. The predicted molar refractivity (Wildman–Crippen MR) is 87.7 cm³/mol. The maximum Gasteiger partial charge on any atom is 0.160 e. The summed E-state index contributed by atoms with van der Waals surface area (Å²) < 4.78 is 0. The maximum atomic E-state index is 6.05. The number of nitrogens with zero attached hydrogens (tertiary/aromatic N) is 2. The van der Waals surface area contributed by atoms with Crippen LogP contribution in [0.1, 0.15) is 11.1 Å². The van der Waals surface area contributed by atoms with Crippen LogP contribution in [-0.4, -0.2) is 10.3 Å². The van der Waals surface area contributed by atoms with Gasteiger partial charge in [-0.2, -0.15) is 0 Å². The number of benzene rings is 2. The fourth-order valence-electron chi connectivity index (χ4n) is 1.45. The van der Waals surface area contributed by atoms with E-state index in [1.165, 1.54) is 0 Å². The number of rotatable bonds is 3. The fraction of sp³-hybridized carbons (Fsp3) is 0. The summed E-state index contributed by atoms with van der Waals surface area (Å²) in [6.45, 7) is 0. The zero-order valence-electron chi connectivity index (χ0n) is 10.0. The first-order chi connectivity index (χ1) is 9.59. The van der Waals surface area contributed by atoms with Gasteiger partial charge in [-0.25, -0.2) is 0 Å². The zero-order valence-corrected chi connectivity index (χ0v) is 13.0. The Morgan fingerprint density at radius 3 is 1.35 bits per heavy atom. The van der Waals surface area contributed by atoms with E-state index >= 15 is 0 Å². The number of halogens is 4. The largest absolute Gasteiger partial charge is 0.160 e. The van der Waals surface area contributed by atoms with Gasteiger partial charge in [0.05, 0.1) is 10.0 Å². The molecule has 0 bridgehead atoms. The summed E-state index contributed by atoms with van der Waals surface area (Å²) in [6.07, 6.45) is 0. The Hall–Kier alpha value is -1.06. The smallest absolute Gasteiger partial charge is 0.136 e. The third kappa shape index (κ3) is 3.74. The van der Waals surface area contributed by atoms with Crippen molar-refractivity contribution in [3.8, 4) is 0 Å². The molecule has 0 fully saturated rings. The molecule has 0 N–H and O–H groups in total. The quantitative estimate of drug-likeness (QED) is 0.512.